The van der Waals surface area contributed by atoms with Crippen molar-refractivity contribution in [2.45, 2.75) is 39.2 Å². The molecule has 0 radical (unpaired) electrons. The van der Waals surface area contributed by atoms with E-state index in [-0.39, 0.29) is 17.2 Å². The molecule has 26 heavy (non-hydrogen) atoms. The van der Waals surface area contributed by atoms with Crippen LogP contribution in [0.3, 0.4) is 0 Å². The van der Waals surface area contributed by atoms with E-state index in [4.69, 9.17) is 0 Å². The van der Waals surface area contributed by atoms with Crippen LogP contribution in [0.15, 0.2) is 41.2 Å². The molecule has 1 aromatic carbocycles. The van der Waals surface area contributed by atoms with Crippen LogP contribution < -0.4 is 15.8 Å². The van der Waals surface area contributed by atoms with E-state index in [9.17, 15) is 14.4 Å². The van der Waals surface area contributed by atoms with Crippen LogP contribution in [-0.2, 0) is 11.3 Å². The van der Waals surface area contributed by atoms with Gasteiger partial charge < -0.3 is 10.2 Å². The number of para-hydroxylation sites is 2. The molecular weight excluding hydrogens is 332 g/mol. The summed E-state index contributed by atoms with van der Waals surface area (Å²) in [6.45, 7) is 3.15. The molecule has 0 spiro atoms. The van der Waals surface area contributed by atoms with E-state index in [1.54, 1.807) is 17.0 Å². The molecule has 0 saturated carbocycles. The number of hydrogen-bond donors (Lipinski definition) is 1. The van der Waals surface area contributed by atoms with E-state index in [1.807, 2.05) is 19.1 Å². The van der Waals surface area contributed by atoms with Crippen molar-refractivity contribution in [3.63, 3.8) is 0 Å². The fraction of sp³-hybridized carbons (Fsp3) is 0.368. The first-order valence-corrected chi connectivity index (χ1v) is 8.89. The van der Waals surface area contributed by atoms with E-state index in [1.165, 1.54) is 16.8 Å². The zero-order valence-electron chi connectivity index (χ0n) is 14.8. The largest absolute Gasteiger partial charge is 0.319 e. The number of hydrogen-bond acceptors (Lipinski definition) is 4. The Labute approximate surface area is 151 Å². The minimum Gasteiger partial charge on any atom is -0.319 e. The van der Waals surface area contributed by atoms with Gasteiger partial charge in [0.1, 0.15) is 5.69 Å². The van der Waals surface area contributed by atoms with Crippen LogP contribution in [0.2, 0.25) is 0 Å². The minimum absolute atomic E-state index is 0.0536. The Hall–Kier alpha value is -2.96. The highest BCUT2D eigenvalue weighted by Gasteiger charge is 2.24. The lowest BCUT2D eigenvalue weighted by atomic mass is 10.2. The Morgan fingerprint density at radius 2 is 2.00 bits per heavy atom. The Morgan fingerprint density at radius 3 is 2.73 bits per heavy atom. The molecule has 3 rings (SSSR count). The van der Waals surface area contributed by atoms with E-state index >= 15 is 0 Å². The maximum Gasteiger partial charge on any atom is 0.276 e. The third-order valence-corrected chi connectivity index (χ3v) is 4.34. The Morgan fingerprint density at radius 1 is 1.19 bits per heavy atom. The number of rotatable bonds is 6. The second-order valence-electron chi connectivity index (χ2n) is 6.25. The minimum atomic E-state index is -0.408. The van der Waals surface area contributed by atoms with Crippen molar-refractivity contribution in [3.8, 4) is 0 Å². The first-order valence-electron chi connectivity index (χ1n) is 8.89. The van der Waals surface area contributed by atoms with Gasteiger partial charge in [0.05, 0.1) is 11.4 Å². The van der Waals surface area contributed by atoms with Crippen molar-refractivity contribution in [2.75, 3.05) is 16.8 Å². The van der Waals surface area contributed by atoms with Crippen molar-refractivity contribution >= 4 is 23.2 Å². The Bertz CT molecular complexity index is 875. The fourth-order valence-electron chi connectivity index (χ4n) is 2.94. The summed E-state index contributed by atoms with van der Waals surface area (Å²) in [6.07, 6.45) is 3.08. The van der Waals surface area contributed by atoms with Crippen molar-refractivity contribution in [1.82, 2.24) is 9.78 Å². The average molecular weight is 354 g/mol. The van der Waals surface area contributed by atoms with Crippen LogP contribution >= 0.6 is 0 Å². The number of nitrogens with one attached hydrogen (secondary N) is 1. The van der Waals surface area contributed by atoms with Gasteiger partial charge in [-0.2, -0.15) is 5.10 Å². The molecule has 1 fully saturated rings. The molecule has 0 bridgehead atoms. The number of aromatic nitrogens is 2. The van der Waals surface area contributed by atoms with Crippen LogP contribution in [0.4, 0.5) is 11.4 Å². The summed E-state index contributed by atoms with van der Waals surface area (Å²) in [4.78, 5) is 38.2. The SMILES string of the molecule is CCCCn1nc(C(=O)Nc2ccccc2N2CCCC2=O)ccc1=O. The van der Waals surface area contributed by atoms with Gasteiger partial charge in [-0.15, -0.1) is 0 Å². The molecule has 1 aliphatic rings. The first-order chi connectivity index (χ1) is 12.6. The number of aryl methyl sites for hydroxylation is 1. The second-order valence-corrected chi connectivity index (χ2v) is 6.25. The third kappa shape index (κ3) is 3.82. The fourth-order valence-corrected chi connectivity index (χ4v) is 2.94. The average Bonchev–Trinajstić information content (AvgIpc) is 3.07. The molecule has 1 aromatic heterocycles. The maximum absolute atomic E-state index is 12.6. The van der Waals surface area contributed by atoms with Gasteiger partial charge in [0, 0.05) is 25.6 Å². The van der Waals surface area contributed by atoms with Gasteiger partial charge in [-0.3, -0.25) is 14.4 Å². The molecule has 1 aliphatic heterocycles. The summed E-state index contributed by atoms with van der Waals surface area (Å²) in [7, 11) is 0. The Balaban J connectivity index is 1.83. The molecule has 136 valence electrons. The van der Waals surface area contributed by atoms with Crippen molar-refractivity contribution in [2.24, 2.45) is 0 Å². The Kier molecular flexibility index (Phi) is 5.46. The summed E-state index contributed by atoms with van der Waals surface area (Å²) in [5.41, 5.74) is 1.19. The summed E-state index contributed by atoms with van der Waals surface area (Å²) in [6, 6.07) is 9.98. The molecule has 2 amide bonds. The lowest BCUT2D eigenvalue weighted by Crippen LogP contribution is -2.28. The van der Waals surface area contributed by atoms with Gasteiger partial charge in [-0.25, -0.2) is 4.68 Å². The summed E-state index contributed by atoms with van der Waals surface area (Å²) in [5.74, 6) is -0.354. The van der Waals surface area contributed by atoms with Gasteiger partial charge in [0.15, 0.2) is 0 Å². The number of carbonyl (C=O) groups is 2. The molecular formula is C19H22N4O3. The standard InChI is InChI=1S/C19H22N4O3/c1-2-3-13-23-18(25)11-10-15(21-23)19(26)20-14-7-4-5-8-16(14)22-12-6-9-17(22)24/h4-5,7-8,10-11H,2-3,6,9,12-13H2,1H3,(H,20,26). The summed E-state index contributed by atoms with van der Waals surface area (Å²) < 4.78 is 1.31. The molecule has 7 heteroatoms. The van der Waals surface area contributed by atoms with E-state index in [0.29, 0.717) is 30.9 Å². The molecule has 0 aliphatic carbocycles. The predicted molar refractivity (Wildman–Crippen MR) is 99.4 cm³/mol. The first kappa shape index (κ1) is 17.8. The molecule has 0 unspecified atom stereocenters. The van der Waals surface area contributed by atoms with Crippen molar-refractivity contribution < 1.29 is 9.59 Å². The lowest BCUT2D eigenvalue weighted by molar-refractivity contribution is -0.117. The highest BCUT2D eigenvalue weighted by molar-refractivity contribution is 6.07. The van der Waals surface area contributed by atoms with Gasteiger partial charge in [-0.1, -0.05) is 25.5 Å². The van der Waals surface area contributed by atoms with E-state index in [2.05, 4.69) is 10.4 Å². The smallest absolute Gasteiger partial charge is 0.276 e. The zero-order chi connectivity index (χ0) is 18.5. The molecule has 2 aromatic rings. The van der Waals surface area contributed by atoms with Crippen LogP contribution in [0.25, 0.3) is 0 Å². The predicted octanol–water partition coefficient (Wildman–Crippen LogP) is 2.42. The van der Waals surface area contributed by atoms with Gasteiger partial charge >= 0.3 is 0 Å². The van der Waals surface area contributed by atoms with Crippen molar-refractivity contribution in [3.05, 3.63) is 52.4 Å². The number of benzene rings is 1. The highest BCUT2D eigenvalue weighted by Crippen LogP contribution is 2.29. The highest BCUT2D eigenvalue weighted by atomic mass is 16.2. The molecule has 7 nitrogen and oxygen atoms in total. The zero-order valence-corrected chi connectivity index (χ0v) is 14.8. The van der Waals surface area contributed by atoms with Gasteiger partial charge in [0.2, 0.25) is 5.91 Å². The summed E-state index contributed by atoms with van der Waals surface area (Å²) >= 11 is 0. The topological polar surface area (TPSA) is 84.3 Å². The quantitative estimate of drug-likeness (QED) is 0.863. The van der Waals surface area contributed by atoms with Crippen LogP contribution in [0.1, 0.15) is 43.1 Å². The number of amides is 2. The number of nitrogens with zero attached hydrogens (tertiary/aromatic N) is 3. The molecule has 2 heterocycles. The van der Waals surface area contributed by atoms with E-state index in [0.717, 1.165) is 19.3 Å². The third-order valence-electron chi connectivity index (χ3n) is 4.34. The monoisotopic (exact) mass is 354 g/mol. The van der Waals surface area contributed by atoms with Crippen LogP contribution in [0, 0.1) is 0 Å². The number of anilines is 2. The van der Waals surface area contributed by atoms with Crippen LogP contribution in [-0.4, -0.2) is 28.1 Å². The molecule has 1 saturated heterocycles. The molecule has 0 atom stereocenters. The maximum atomic E-state index is 12.6. The lowest BCUT2D eigenvalue weighted by Gasteiger charge is -2.19. The normalized spacial score (nSPS) is 13.9. The van der Waals surface area contributed by atoms with Gasteiger partial charge in [-0.05, 0) is 31.0 Å². The van der Waals surface area contributed by atoms with E-state index < -0.39 is 5.91 Å². The number of unbranched alkanes of at least 4 members (excludes halogenated alkanes) is 1. The van der Waals surface area contributed by atoms with Crippen LogP contribution in [0.5, 0.6) is 0 Å². The number of carbonyl (C=O) groups excluding carboxylic acids is 2. The molecule has 1 N–H and O–H groups in total. The second kappa shape index (κ2) is 7.95. The van der Waals surface area contributed by atoms with Gasteiger partial charge in [0.25, 0.3) is 11.5 Å². The van der Waals surface area contributed by atoms with Crippen molar-refractivity contribution in [1.29, 1.82) is 0 Å². The summed E-state index contributed by atoms with van der Waals surface area (Å²) in [5, 5.41) is 6.98.